The van der Waals surface area contributed by atoms with Crippen LogP contribution in [0.5, 0.6) is 0 Å². The standard InChI is InChI=1S/C30H48N10.2AsF6.Fe/c1-4-7-16-38-22-13-34-28(38)25-31-10-19-37(20-11-32-26-29-35-14-23-39(29)17-8-5-2)21-12-33-27-30-36-15-24-40(30)18-9-6-3;2*2-1(3,4,5,6)7;/h13-15,22-27H,4-12,16-21H2,1-3H3;;;/q;2*-1;+2. The first kappa shape index (κ1) is 52.4. The molecule has 0 fully saturated rings. The van der Waals surface area contributed by atoms with Gasteiger partial charge in [-0.3, -0.25) is 19.9 Å². The van der Waals surface area contributed by atoms with E-state index in [2.05, 4.69) is 69.3 Å². The number of aryl methyl sites for hydroxylation is 3. The van der Waals surface area contributed by atoms with Crippen molar-refractivity contribution in [2.75, 3.05) is 39.3 Å². The van der Waals surface area contributed by atoms with Crippen LogP contribution in [0.4, 0.5) is 41.6 Å². The number of aromatic nitrogens is 6. The molecule has 0 N–H and O–H groups in total. The molecule has 0 aliphatic heterocycles. The number of rotatable bonds is 21. The van der Waals surface area contributed by atoms with Gasteiger partial charge in [-0.15, -0.1) is 0 Å². The molecule has 10 nitrogen and oxygen atoms in total. The molecule has 0 spiro atoms. The van der Waals surface area contributed by atoms with Gasteiger partial charge in [-0.1, -0.05) is 40.0 Å². The normalized spacial score (nSPS) is 14.8. The number of unbranched alkanes of at least 4 members (excludes halogenated alkanes) is 3. The fraction of sp³-hybridized carbons (Fsp3) is 0.600. The molecular weight excluding hydrogens is 934 g/mol. The van der Waals surface area contributed by atoms with Crippen LogP contribution in [0.25, 0.3) is 0 Å². The molecule has 0 saturated heterocycles. The number of aliphatic imine (C=N–C) groups is 3. The quantitative estimate of drug-likeness (QED) is 0.0606. The molecule has 0 saturated carbocycles. The first-order valence-corrected chi connectivity index (χ1v) is 25.5. The molecular formula is C30H48As2F12FeN10. The van der Waals surface area contributed by atoms with Gasteiger partial charge in [0.1, 0.15) is 0 Å². The summed E-state index contributed by atoms with van der Waals surface area (Å²) in [5.74, 6) is 2.77. The Kier molecular flexibility index (Phi) is 20.2. The van der Waals surface area contributed by atoms with Crippen LogP contribution in [0, 0.1) is 0 Å². The van der Waals surface area contributed by atoms with Gasteiger partial charge in [0.05, 0.1) is 38.3 Å². The van der Waals surface area contributed by atoms with Gasteiger partial charge >= 0.3 is 87.0 Å². The maximum absolute atomic E-state index is 11.1. The molecule has 3 aromatic rings. The van der Waals surface area contributed by atoms with E-state index >= 15 is 0 Å². The molecule has 0 aliphatic carbocycles. The average Bonchev–Trinajstić information content (AvgIpc) is 3.78. The van der Waals surface area contributed by atoms with E-state index in [0.717, 1.165) is 95.3 Å². The fourth-order valence-corrected chi connectivity index (χ4v) is 4.27. The second-order valence-electron chi connectivity index (χ2n) is 11.9. The van der Waals surface area contributed by atoms with Crippen LogP contribution in [0.15, 0.2) is 52.2 Å². The Bertz CT molecular complexity index is 1410. The molecule has 320 valence electrons. The number of halogens is 12. The zero-order valence-corrected chi connectivity index (χ0v) is 35.4. The van der Waals surface area contributed by atoms with Gasteiger partial charge in [-0.2, -0.15) is 0 Å². The molecule has 0 aromatic carbocycles. The third-order valence-corrected chi connectivity index (χ3v) is 6.76. The van der Waals surface area contributed by atoms with Crippen molar-refractivity contribution in [3.05, 3.63) is 54.7 Å². The number of imidazole rings is 3. The smallest absolute Gasteiger partial charge is 2.00 e. The Hall–Kier alpha value is -2.60. The monoisotopic (exact) mass is 982 g/mol. The Labute approximate surface area is 325 Å². The number of nitrogens with zero attached hydrogens (tertiary/aromatic N) is 10. The molecule has 0 aliphatic rings. The van der Waals surface area contributed by atoms with Crippen molar-refractivity contribution < 1.29 is 58.7 Å². The van der Waals surface area contributed by atoms with Crippen LogP contribution in [0.2, 0.25) is 0 Å². The second-order valence-corrected chi connectivity index (χ2v) is 19.9. The Morgan fingerprint density at radius 1 is 0.509 bits per heavy atom. The third kappa shape index (κ3) is 34.4. The predicted molar refractivity (Wildman–Crippen MR) is 190 cm³/mol. The fourth-order valence-electron chi connectivity index (χ4n) is 4.27. The van der Waals surface area contributed by atoms with Crippen LogP contribution < -0.4 is 0 Å². The van der Waals surface area contributed by atoms with E-state index in [0.29, 0.717) is 19.6 Å². The molecule has 3 rings (SSSR count). The van der Waals surface area contributed by atoms with Gasteiger partial charge in [0.25, 0.3) is 0 Å². The minimum absolute atomic E-state index is 0. The van der Waals surface area contributed by atoms with Crippen molar-refractivity contribution in [3.63, 3.8) is 0 Å². The Balaban J connectivity index is 0.00000165. The van der Waals surface area contributed by atoms with Gasteiger partial charge in [0.2, 0.25) is 0 Å². The van der Waals surface area contributed by atoms with E-state index in [9.17, 15) is 41.6 Å². The molecule has 0 atom stereocenters. The average molecular weight is 982 g/mol. The predicted octanol–water partition coefficient (Wildman–Crippen LogP) is 8.91. The van der Waals surface area contributed by atoms with E-state index in [1.165, 1.54) is 0 Å². The molecule has 3 heterocycles. The Morgan fingerprint density at radius 2 is 0.745 bits per heavy atom. The van der Waals surface area contributed by atoms with Crippen molar-refractivity contribution >= 4 is 47.0 Å². The van der Waals surface area contributed by atoms with Crippen LogP contribution >= 0.6 is 0 Å². The first-order valence-electron chi connectivity index (χ1n) is 17.0. The number of hydrogen-bond donors (Lipinski definition) is 0. The summed E-state index contributed by atoms with van der Waals surface area (Å²) in [7, 11) is 0. The largest absolute Gasteiger partial charge is 2.00 e. The molecule has 0 unspecified atom stereocenters. The maximum atomic E-state index is 9.91. The second kappa shape index (κ2) is 21.2. The summed E-state index contributed by atoms with van der Waals surface area (Å²) < 4.78 is 125. The summed E-state index contributed by atoms with van der Waals surface area (Å²) in [6, 6.07) is 0. The zero-order chi connectivity index (χ0) is 41.1. The SMILES string of the molecule is CCCCn1ccnc1C=NCCN(CCN=Cc1nccn1CCCC)CCN=Cc1nccn1CCCC.F[As-](F)(F)(F)(F)F.F[As-](F)(F)(F)(F)F.[Fe+2]. The molecule has 0 amide bonds. The van der Waals surface area contributed by atoms with Gasteiger partial charge in [-0.25, -0.2) is 15.0 Å². The summed E-state index contributed by atoms with van der Waals surface area (Å²) in [6.07, 6.45) is 24.2. The number of hydrogen-bond acceptors (Lipinski definition) is 7. The van der Waals surface area contributed by atoms with E-state index < -0.39 is 28.3 Å². The van der Waals surface area contributed by atoms with Gasteiger partial charge < -0.3 is 13.7 Å². The molecule has 0 bridgehead atoms. The molecule has 55 heavy (non-hydrogen) atoms. The van der Waals surface area contributed by atoms with Gasteiger partial charge in [0, 0.05) is 76.4 Å². The van der Waals surface area contributed by atoms with Crippen LogP contribution in [-0.2, 0) is 36.7 Å². The minimum atomic E-state index is -11.1. The van der Waals surface area contributed by atoms with Crippen molar-refractivity contribution in [2.45, 2.75) is 78.9 Å². The third-order valence-electron chi connectivity index (χ3n) is 6.76. The summed E-state index contributed by atoms with van der Waals surface area (Å²) in [5.41, 5.74) is 0. The zero-order valence-electron chi connectivity index (χ0n) is 30.6. The molecule has 25 heteroatoms. The summed E-state index contributed by atoms with van der Waals surface area (Å²) >= 11 is -22.1. The van der Waals surface area contributed by atoms with Gasteiger partial charge in [-0.05, 0) is 19.3 Å². The van der Waals surface area contributed by atoms with Crippen LogP contribution in [-0.4, -0.2) is 120 Å². The molecule has 0 radical (unpaired) electrons. The van der Waals surface area contributed by atoms with Crippen molar-refractivity contribution in [2.24, 2.45) is 15.0 Å². The molecule has 3 aromatic heterocycles. The maximum Gasteiger partial charge on any atom is 2.00 e. The van der Waals surface area contributed by atoms with Crippen LogP contribution in [0.3, 0.4) is 0 Å². The summed E-state index contributed by atoms with van der Waals surface area (Å²) in [6.45, 7) is 14.2. The topological polar surface area (TPSA) is 93.8 Å². The van der Waals surface area contributed by atoms with E-state index in [-0.39, 0.29) is 17.1 Å². The van der Waals surface area contributed by atoms with Crippen molar-refractivity contribution in [3.8, 4) is 0 Å². The van der Waals surface area contributed by atoms with Crippen LogP contribution in [0.1, 0.15) is 76.8 Å². The minimum Gasteiger partial charge on any atom is 2.00 e. The van der Waals surface area contributed by atoms with Gasteiger partial charge in [0.15, 0.2) is 17.5 Å². The first-order chi connectivity index (χ1) is 24.6. The Morgan fingerprint density at radius 3 is 0.964 bits per heavy atom. The van der Waals surface area contributed by atoms with E-state index in [4.69, 9.17) is 0 Å². The van der Waals surface area contributed by atoms with E-state index in [1.807, 2.05) is 55.8 Å². The van der Waals surface area contributed by atoms with Crippen molar-refractivity contribution in [1.82, 2.24) is 33.6 Å². The summed E-state index contributed by atoms with van der Waals surface area (Å²) in [5, 5.41) is 0. The van der Waals surface area contributed by atoms with E-state index in [1.54, 1.807) is 0 Å². The van der Waals surface area contributed by atoms with Crippen molar-refractivity contribution in [1.29, 1.82) is 0 Å². The summed E-state index contributed by atoms with van der Waals surface area (Å²) in [4.78, 5) is 29.8.